The van der Waals surface area contributed by atoms with Crippen LogP contribution in [0.4, 0.5) is 5.69 Å². The minimum Gasteiger partial charge on any atom is -0.507 e. The fourth-order valence-corrected chi connectivity index (χ4v) is 3.17. The molecule has 0 bridgehead atoms. The van der Waals surface area contributed by atoms with Gasteiger partial charge < -0.3 is 14.9 Å². The zero-order valence-corrected chi connectivity index (χ0v) is 14.4. The molecule has 6 nitrogen and oxygen atoms in total. The summed E-state index contributed by atoms with van der Waals surface area (Å²) in [5.74, 6) is -0.164. The molecule has 1 aliphatic rings. The van der Waals surface area contributed by atoms with Crippen molar-refractivity contribution in [2.75, 3.05) is 31.1 Å². The molecule has 1 saturated heterocycles. The van der Waals surface area contributed by atoms with Crippen LogP contribution in [0.25, 0.3) is 0 Å². The third-order valence-electron chi connectivity index (χ3n) is 4.46. The number of nitrogens with zero attached hydrogens (tertiary/aromatic N) is 4. The van der Waals surface area contributed by atoms with Crippen molar-refractivity contribution in [1.82, 2.24) is 9.88 Å². The van der Waals surface area contributed by atoms with E-state index in [0.717, 1.165) is 17.1 Å². The Morgan fingerprint density at radius 2 is 1.88 bits per heavy atom. The molecule has 1 aromatic carbocycles. The van der Waals surface area contributed by atoms with Gasteiger partial charge in [-0.2, -0.15) is 5.26 Å². The highest BCUT2D eigenvalue weighted by Crippen LogP contribution is 2.25. The van der Waals surface area contributed by atoms with Gasteiger partial charge in [-0.1, -0.05) is 12.1 Å². The maximum absolute atomic E-state index is 12.6. The fraction of sp³-hybridized carbons (Fsp3) is 0.316. The van der Waals surface area contributed by atoms with Crippen molar-refractivity contribution in [2.45, 2.75) is 13.8 Å². The number of pyridine rings is 1. The van der Waals surface area contributed by atoms with E-state index in [1.165, 1.54) is 6.07 Å². The number of nitriles is 1. The zero-order valence-electron chi connectivity index (χ0n) is 14.4. The second kappa shape index (κ2) is 6.81. The highest BCUT2D eigenvalue weighted by atomic mass is 16.3. The summed E-state index contributed by atoms with van der Waals surface area (Å²) in [6.45, 7) is 6.10. The number of carbonyl (C=O) groups excluding carboxylic acids is 1. The molecule has 2 aromatic rings. The number of rotatable bonds is 2. The van der Waals surface area contributed by atoms with E-state index >= 15 is 0 Å². The van der Waals surface area contributed by atoms with E-state index in [0.29, 0.717) is 37.3 Å². The summed E-state index contributed by atoms with van der Waals surface area (Å²) in [6.07, 6.45) is 0. The summed E-state index contributed by atoms with van der Waals surface area (Å²) < 4.78 is 0. The number of aryl methyl sites for hydroxylation is 2. The molecule has 1 amide bonds. The monoisotopic (exact) mass is 336 g/mol. The molecule has 3 rings (SSSR count). The second-order valence-corrected chi connectivity index (χ2v) is 6.15. The Balaban J connectivity index is 1.76. The van der Waals surface area contributed by atoms with Crippen LogP contribution in [0.2, 0.25) is 0 Å². The van der Waals surface area contributed by atoms with Gasteiger partial charge in [0.15, 0.2) is 0 Å². The normalized spacial score (nSPS) is 14.3. The van der Waals surface area contributed by atoms with E-state index in [2.05, 4.69) is 16.0 Å². The first-order chi connectivity index (χ1) is 12.0. The molecule has 128 valence electrons. The van der Waals surface area contributed by atoms with Crippen LogP contribution < -0.4 is 4.90 Å². The predicted molar refractivity (Wildman–Crippen MR) is 94.6 cm³/mol. The van der Waals surface area contributed by atoms with Crippen molar-refractivity contribution in [3.05, 3.63) is 52.8 Å². The SMILES string of the molecule is Cc1cc(N2CCN(C(=O)c3ccccc3O)CC2)c(C#N)c(C)n1. The van der Waals surface area contributed by atoms with E-state index in [1.807, 2.05) is 19.9 Å². The lowest BCUT2D eigenvalue weighted by Gasteiger charge is -2.36. The number of phenolic OH excluding ortho intramolecular Hbond substituents is 1. The van der Waals surface area contributed by atoms with Crippen LogP contribution in [0, 0.1) is 25.2 Å². The Morgan fingerprint density at radius 3 is 2.52 bits per heavy atom. The van der Waals surface area contributed by atoms with Crippen LogP contribution >= 0.6 is 0 Å². The van der Waals surface area contributed by atoms with Gasteiger partial charge in [0.05, 0.1) is 22.5 Å². The average molecular weight is 336 g/mol. The highest BCUT2D eigenvalue weighted by molar-refractivity contribution is 5.97. The lowest BCUT2D eigenvalue weighted by atomic mass is 10.1. The van der Waals surface area contributed by atoms with Crippen LogP contribution in [0.15, 0.2) is 30.3 Å². The van der Waals surface area contributed by atoms with E-state index in [-0.39, 0.29) is 11.7 Å². The van der Waals surface area contributed by atoms with Gasteiger partial charge in [0.2, 0.25) is 0 Å². The number of hydrogen-bond acceptors (Lipinski definition) is 5. The van der Waals surface area contributed by atoms with Gasteiger partial charge in [0, 0.05) is 31.9 Å². The molecule has 1 aromatic heterocycles. The number of phenols is 1. The second-order valence-electron chi connectivity index (χ2n) is 6.15. The number of hydrogen-bond donors (Lipinski definition) is 1. The van der Waals surface area contributed by atoms with Crippen molar-refractivity contribution in [1.29, 1.82) is 5.26 Å². The fourth-order valence-electron chi connectivity index (χ4n) is 3.17. The summed E-state index contributed by atoms with van der Waals surface area (Å²) in [5, 5.41) is 19.3. The molecule has 0 aliphatic carbocycles. The Bertz CT molecular complexity index is 849. The van der Waals surface area contributed by atoms with Gasteiger partial charge in [0.25, 0.3) is 5.91 Å². The number of para-hydroxylation sites is 1. The van der Waals surface area contributed by atoms with Gasteiger partial charge in [-0.25, -0.2) is 0 Å². The topological polar surface area (TPSA) is 80.5 Å². The van der Waals surface area contributed by atoms with Gasteiger partial charge in [-0.15, -0.1) is 0 Å². The van der Waals surface area contributed by atoms with Crippen LogP contribution in [0.5, 0.6) is 5.75 Å². The molecule has 0 unspecified atom stereocenters. The molecule has 25 heavy (non-hydrogen) atoms. The largest absolute Gasteiger partial charge is 0.507 e. The Morgan fingerprint density at radius 1 is 1.20 bits per heavy atom. The number of amides is 1. The first kappa shape index (κ1) is 16.8. The van der Waals surface area contributed by atoms with Crippen molar-refractivity contribution in [3.8, 4) is 11.8 Å². The van der Waals surface area contributed by atoms with E-state index in [9.17, 15) is 15.2 Å². The third-order valence-corrected chi connectivity index (χ3v) is 4.46. The van der Waals surface area contributed by atoms with Crippen molar-refractivity contribution < 1.29 is 9.90 Å². The first-order valence-corrected chi connectivity index (χ1v) is 8.22. The van der Waals surface area contributed by atoms with E-state index in [1.54, 1.807) is 23.1 Å². The van der Waals surface area contributed by atoms with E-state index < -0.39 is 0 Å². The lowest BCUT2D eigenvalue weighted by Crippen LogP contribution is -2.49. The Labute approximate surface area is 146 Å². The molecule has 1 aliphatic heterocycles. The van der Waals surface area contributed by atoms with Gasteiger partial charge in [-0.3, -0.25) is 9.78 Å². The van der Waals surface area contributed by atoms with Crippen LogP contribution in [-0.2, 0) is 0 Å². The molecule has 0 atom stereocenters. The van der Waals surface area contributed by atoms with Crippen molar-refractivity contribution in [3.63, 3.8) is 0 Å². The maximum Gasteiger partial charge on any atom is 0.257 e. The molecule has 6 heteroatoms. The molecule has 0 saturated carbocycles. The summed E-state index contributed by atoms with van der Waals surface area (Å²) in [6, 6.07) is 10.7. The molecular formula is C19H20N4O2. The van der Waals surface area contributed by atoms with Crippen LogP contribution in [0.3, 0.4) is 0 Å². The van der Waals surface area contributed by atoms with Crippen molar-refractivity contribution >= 4 is 11.6 Å². The summed E-state index contributed by atoms with van der Waals surface area (Å²) >= 11 is 0. The van der Waals surface area contributed by atoms with Gasteiger partial charge >= 0.3 is 0 Å². The van der Waals surface area contributed by atoms with Crippen LogP contribution in [0.1, 0.15) is 27.3 Å². The lowest BCUT2D eigenvalue weighted by molar-refractivity contribution is 0.0743. The third kappa shape index (κ3) is 3.26. The van der Waals surface area contributed by atoms with Crippen LogP contribution in [-0.4, -0.2) is 47.1 Å². The van der Waals surface area contributed by atoms with E-state index in [4.69, 9.17) is 0 Å². The molecular weight excluding hydrogens is 316 g/mol. The number of anilines is 1. The minimum atomic E-state index is -0.166. The Hall–Kier alpha value is -3.07. The maximum atomic E-state index is 12.6. The first-order valence-electron chi connectivity index (χ1n) is 8.22. The molecule has 0 spiro atoms. The molecule has 0 radical (unpaired) electrons. The standard InChI is InChI=1S/C19H20N4O2/c1-13-11-17(16(12-20)14(2)21-13)22-7-9-23(10-8-22)19(25)15-5-3-4-6-18(15)24/h3-6,11,24H,7-10H2,1-2H3. The number of benzene rings is 1. The highest BCUT2D eigenvalue weighted by Gasteiger charge is 2.25. The predicted octanol–water partition coefficient (Wildman–Crippen LogP) is 2.24. The Kier molecular flexibility index (Phi) is 4.57. The van der Waals surface area contributed by atoms with Gasteiger partial charge in [0.1, 0.15) is 11.8 Å². The van der Waals surface area contributed by atoms with Crippen molar-refractivity contribution in [2.24, 2.45) is 0 Å². The number of aromatic nitrogens is 1. The average Bonchev–Trinajstić information content (AvgIpc) is 2.61. The smallest absolute Gasteiger partial charge is 0.257 e. The number of carbonyl (C=O) groups is 1. The quantitative estimate of drug-likeness (QED) is 0.910. The van der Waals surface area contributed by atoms with Gasteiger partial charge in [-0.05, 0) is 32.0 Å². The molecule has 2 heterocycles. The zero-order chi connectivity index (χ0) is 18.0. The number of piperazine rings is 1. The summed E-state index contributed by atoms with van der Waals surface area (Å²) in [7, 11) is 0. The molecule has 1 N–H and O–H groups in total. The summed E-state index contributed by atoms with van der Waals surface area (Å²) in [4.78, 5) is 20.8. The minimum absolute atomic E-state index is 0.00193. The summed E-state index contributed by atoms with van der Waals surface area (Å²) in [5.41, 5.74) is 3.39. The molecule has 1 fully saturated rings. The number of aromatic hydroxyl groups is 1.